The molecule has 0 saturated carbocycles. The molecule has 0 radical (unpaired) electrons. The van der Waals surface area contributed by atoms with Crippen LogP contribution in [0.5, 0.6) is 0 Å². The largest absolute Gasteiger partial charge is 0.295 e. The summed E-state index contributed by atoms with van der Waals surface area (Å²) in [5.74, 6) is 0. The molecule has 0 N–H and O–H groups in total. The van der Waals surface area contributed by atoms with Gasteiger partial charge in [-0.3, -0.25) is 24.4 Å². The highest BCUT2D eigenvalue weighted by Crippen LogP contribution is 2.32. The van der Waals surface area contributed by atoms with Crippen molar-refractivity contribution >= 4 is 17.0 Å². The van der Waals surface area contributed by atoms with E-state index in [2.05, 4.69) is 23.3 Å². The molecular formula is C14H15N3O3S. The van der Waals surface area contributed by atoms with E-state index in [1.807, 2.05) is 0 Å². The fourth-order valence-corrected chi connectivity index (χ4v) is 3.65. The molecule has 0 fully saturated rings. The Hall–Kier alpha value is -1.99. The minimum atomic E-state index is -0.480. The third kappa shape index (κ3) is 2.62. The minimum Gasteiger partial charge on any atom is -0.295 e. The van der Waals surface area contributed by atoms with Crippen molar-refractivity contribution < 1.29 is 4.92 Å². The number of hydrogen-bond acceptors (Lipinski definition) is 5. The average Bonchev–Trinajstić information content (AvgIpc) is 2.93. The number of aromatic nitrogens is 1. The second kappa shape index (κ2) is 5.42. The molecule has 3 heterocycles. The Bertz CT molecular complexity index is 737. The molecule has 0 unspecified atom stereocenters. The van der Waals surface area contributed by atoms with Crippen molar-refractivity contribution in [3.8, 4) is 0 Å². The van der Waals surface area contributed by atoms with E-state index < -0.39 is 4.92 Å². The molecule has 3 rings (SSSR count). The van der Waals surface area contributed by atoms with E-state index >= 15 is 0 Å². The van der Waals surface area contributed by atoms with Gasteiger partial charge >= 0.3 is 0 Å². The maximum atomic E-state index is 11.9. The fourth-order valence-electron chi connectivity index (χ4n) is 2.69. The van der Waals surface area contributed by atoms with Crippen LogP contribution in [0.2, 0.25) is 0 Å². The van der Waals surface area contributed by atoms with E-state index in [-0.39, 0.29) is 17.3 Å². The van der Waals surface area contributed by atoms with Gasteiger partial charge in [0.1, 0.15) is 0 Å². The lowest BCUT2D eigenvalue weighted by Crippen LogP contribution is -2.37. The summed E-state index contributed by atoms with van der Waals surface area (Å²) >= 11 is 1.76. The number of nitro groups is 1. The van der Waals surface area contributed by atoms with Gasteiger partial charge in [0.2, 0.25) is 0 Å². The predicted molar refractivity (Wildman–Crippen MR) is 80.5 cm³/mol. The van der Waals surface area contributed by atoms with E-state index in [1.165, 1.54) is 33.3 Å². The van der Waals surface area contributed by atoms with Crippen molar-refractivity contribution in [1.82, 2.24) is 9.47 Å². The van der Waals surface area contributed by atoms with Gasteiger partial charge in [0.25, 0.3) is 11.2 Å². The summed E-state index contributed by atoms with van der Waals surface area (Å²) in [6, 6.07) is 4.83. The van der Waals surface area contributed by atoms with Crippen molar-refractivity contribution in [3.63, 3.8) is 0 Å². The summed E-state index contributed by atoms with van der Waals surface area (Å²) < 4.78 is 1.41. The fraction of sp³-hybridized carbons (Fsp3) is 0.357. The Kier molecular flexibility index (Phi) is 3.60. The van der Waals surface area contributed by atoms with Gasteiger partial charge in [-0.25, -0.2) is 0 Å². The molecular weight excluding hydrogens is 290 g/mol. The number of nitrogens with zero attached hydrogens (tertiary/aromatic N) is 3. The standard InChI is InChI=1S/C14H15N3O3S/c1-10-12-5-7-21-13(12)4-6-15(10)9-16-8-11(17(19)20)2-3-14(16)18/h2-3,5,7-8,10H,4,6,9H2,1H3/t10-/m0/s1. The highest BCUT2D eigenvalue weighted by Gasteiger charge is 2.25. The Balaban J connectivity index is 1.86. The quantitative estimate of drug-likeness (QED) is 0.645. The normalized spacial score (nSPS) is 18.4. The summed E-state index contributed by atoms with van der Waals surface area (Å²) in [5.41, 5.74) is 1.02. The summed E-state index contributed by atoms with van der Waals surface area (Å²) in [4.78, 5) is 25.8. The highest BCUT2D eigenvalue weighted by atomic mass is 32.1. The first-order chi connectivity index (χ1) is 10.1. The van der Waals surface area contributed by atoms with E-state index in [4.69, 9.17) is 0 Å². The number of fused-ring (bicyclic) bond motifs is 1. The summed E-state index contributed by atoms with van der Waals surface area (Å²) in [7, 11) is 0. The van der Waals surface area contributed by atoms with Gasteiger partial charge in [0.15, 0.2) is 0 Å². The first-order valence-electron chi connectivity index (χ1n) is 6.71. The van der Waals surface area contributed by atoms with Crippen LogP contribution in [-0.2, 0) is 13.1 Å². The van der Waals surface area contributed by atoms with Crippen LogP contribution in [0.15, 0.2) is 34.6 Å². The second-order valence-electron chi connectivity index (χ2n) is 5.13. The van der Waals surface area contributed by atoms with Crippen molar-refractivity contribution in [1.29, 1.82) is 0 Å². The predicted octanol–water partition coefficient (Wildman–Crippen LogP) is 2.39. The van der Waals surface area contributed by atoms with Gasteiger partial charge in [0, 0.05) is 29.6 Å². The minimum absolute atomic E-state index is 0.0597. The molecule has 0 aromatic carbocycles. The molecule has 1 atom stereocenters. The van der Waals surface area contributed by atoms with Crippen molar-refractivity contribution in [2.24, 2.45) is 0 Å². The zero-order valence-corrected chi connectivity index (χ0v) is 12.4. The number of rotatable bonds is 3. The second-order valence-corrected chi connectivity index (χ2v) is 6.13. The third-order valence-electron chi connectivity index (χ3n) is 3.92. The molecule has 6 nitrogen and oxygen atoms in total. The van der Waals surface area contributed by atoms with Gasteiger partial charge in [-0.05, 0) is 30.4 Å². The van der Waals surface area contributed by atoms with Crippen LogP contribution in [0.4, 0.5) is 5.69 Å². The highest BCUT2D eigenvalue weighted by molar-refractivity contribution is 7.10. The lowest BCUT2D eigenvalue weighted by atomic mass is 10.0. The molecule has 0 aliphatic carbocycles. The summed E-state index contributed by atoms with van der Waals surface area (Å²) in [6.45, 7) is 3.33. The van der Waals surface area contributed by atoms with E-state index in [0.717, 1.165) is 13.0 Å². The zero-order chi connectivity index (χ0) is 15.0. The van der Waals surface area contributed by atoms with Crippen LogP contribution in [0.25, 0.3) is 0 Å². The Morgan fingerprint density at radius 1 is 1.43 bits per heavy atom. The van der Waals surface area contributed by atoms with E-state index in [0.29, 0.717) is 6.67 Å². The molecule has 7 heteroatoms. The van der Waals surface area contributed by atoms with Crippen LogP contribution in [-0.4, -0.2) is 20.9 Å². The SMILES string of the molecule is C[C@H]1c2ccsc2CCN1Cn1cc([N+](=O)[O-])ccc1=O. The van der Waals surface area contributed by atoms with Crippen LogP contribution in [0, 0.1) is 10.1 Å². The van der Waals surface area contributed by atoms with Crippen LogP contribution in [0.1, 0.15) is 23.4 Å². The lowest BCUT2D eigenvalue weighted by Gasteiger charge is -2.33. The van der Waals surface area contributed by atoms with Gasteiger partial charge < -0.3 is 0 Å². The lowest BCUT2D eigenvalue weighted by molar-refractivity contribution is -0.385. The number of pyridine rings is 1. The van der Waals surface area contributed by atoms with E-state index in [9.17, 15) is 14.9 Å². The summed E-state index contributed by atoms with van der Waals surface area (Å²) in [5, 5.41) is 12.9. The smallest absolute Gasteiger partial charge is 0.285 e. The van der Waals surface area contributed by atoms with Gasteiger partial charge in [-0.15, -0.1) is 11.3 Å². The molecule has 1 aliphatic heterocycles. The molecule has 0 amide bonds. The molecule has 1 aliphatic rings. The van der Waals surface area contributed by atoms with Crippen molar-refractivity contribution in [3.05, 3.63) is 60.7 Å². The zero-order valence-electron chi connectivity index (χ0n) is 11.6. The van der Waals surface area contributed by atoms with Crippen molar-refractivity contribution in [2.75, 3.05) is 6.54 Å². The molecule has 2 aromatic rings. The Morgan fingerprint density at radius 2 is 2.24 bits per heavy atom. The Morgan fingerprint density at radius 3 is 3.00 bits per heavy atom. The topological polar surface area (TPSA) is 68.4 Å². The first-order valence-corrected chi connectivity index (χ1v) is 7.59. The Labute approximate surface area is 125 Å². The number of hydrogen-bond donors (Lipinski definition) is 0. The molecule has 2 aromatic heterocycles. The maximum Gasteiger partial charge on any atom is 0.285 e. The van der Waals surface area contributed by atoms with Gasteiger partial charge in [-0.2, -0.15) is 0 Å². The molecule has 0 bridgehead atoms. The van der Waals surface area contributed by atoms with Gasteiger partial charge in [-0.1, -0.05) is 0 Å². The molecule has 110 valence electrons. The maximum absolute atomic E-state index is 11.9. The third-order valence-corrected chi connectivity index (χ3v) is 4.91. The molecule has 21 heavy (non-hydrogen) atoms. The number of thiophene rings is 1. The average molecular weight is 305 g/mol. The van der Waals surface area contributed by atoms with Crippen molar-refractivity contribution in [2.45, 2.75) is 26.1 Å². The van der Waals surface area contributed by atoms with E-state index in [1.54, 1.807) is 11.3 Å². The molecule has 0 saturated heterocycles. The molecule has 0 spiro atoms. The van der Waals surface area contributed by atoms with Gasteiger partial charge in [0.05, 0.1) is 17.8 Å². The summed E-state index contributed by atoms with van der Waals surface area (Å²) in [6.07, 6.45) is 2.28. The van der Waals surface area contributed by atoms with Crippen LogP contribution >= 0.6 is 11.3 Å². The first kappa shape index (κ1) is 14.0. The van der Waals surface area contributed by atoms with Crippen LogP contribution in [0.3, 0.4) is 0 Å². The van der Waals surface area contributed by atoms with Crippen LogP contribution < -0.4 is 5.56 Å². The monoisotopic (exact) mass is 305 g/mol.